The lowest BCUT2D eigenvalue weighted by atomic mass is 9.77. The van der Waals surface area contributed by atoms with Crippen molar-refractivity contribution in [2.75, 3.05) is 49.7 Å². The number of nitrogens with one attached hydrogen (secondary N) is 1. The molecule has 34 heavy (non-hydrogen) atoms. The zero-order valence-electron chi connectivity index (χ0n) is 18.7. The van der Waals surface area contributed by atoms with Crippen LogP contribution in [0.4, 0.5) is 29.2 Å². The largest absolute Gasteiger partial charge is 0.416 e. The molecule has 4 rings (SSSR count). The predicted molar refractivity (Wildman–Crippen MR) is 116 cm³/mol. The Kier molecular flexibility index (Phi) is 7.04. The minimum absolute atomic E-state index is 0.00790. The molecule has 11 heteroatoms. The minimum atomic E-state index is -4.44. The standard InChI is InChI=1S/C23H26F4N4O3/c1-15(32)22(6-9-33-10-7-22)13-28-20-19(24)21(30-14-29-20)31-8-11-34-12-18(31)16-2-4-17(5-3-16)23(25,26)27/h2-5,14,18H,6-13H2,1H3,(H,28,29,30). The normalized spacial score (nSPS) is 20.7. The van der Waals surface area contributed by atoms with Gasteiger partial charge in [-0.05, 0) is 37.5 Å². The van der Waals surface area contributed by atoms with Crippen LogP contribution in [0.25, 0.3) is 0 Å². The Morgan fingerprint density at radius 2 is 1.85 bits per heavy atom. The zero-order valence-corrected chi connectivity index (χ0v) is 18.7. The highest BCUT2D eigenvalue weighted by molar-refractivity contribution is 5.83. The number of alkyl halides is 3. The van der Waals surface area contributed by atoms with E-state index in [2.05, 4.69) is 15.3 Å². The molecule has 1 aromatic carbocycles. The molecule has 0 radical (unpaired) electrons. The fraction of sp³-hybridized carbons (Fsp3) is 0.522. The van der Waals surface area contributed by atoms with Crippen molar-refractivity contribution < 1.29 is 31.8 Å². The van der Waals surface area contributed by atoms with Crippen molar-refractivity contribution in [1.29, 1.82) is 0 Å². The van der Waals surface area contributed by atoms with Gasteiger partial charge in [0.1, 0.15) is 12.1 Å². The van der Waals surface area contributed by atoms with Gasteiger partial charge in [0, 0.05) is 26.3 Å². The van der Waals surface area contributed by atoms with Crippen LogP contribution in [-0.2, 0) is 20.4 Å². The number of ether oxygens (including phenoxy) is 2. The van der Waals surface area contributed by atoms with Gasteiger partial charge in [0.15, 0.2) is 11.6 Å². The lowest BCUT2D eigenvalue weighted by Crippen LogP contribution is -2.42. The van der Waals surface area contributed by atoms with Gasteiger partial charge in [-0.15, -0.1) is 0 Å². The Morgan fingerprint density at radius 3 is 2.50 bits per heavy atom. The molecule has 184 valence electrons. The van der Waals surface area contributed by atoms with E-state index in [0.29, 0.717) is 44.8 Å². The number of nitrogens with zero attached hydrogens (tertiary/aromatic N) is 3. The fourth-order valence-corrected chi connectivity index (χ4v) is 4.38. The number of rotatable bonds is 6. The average Bonchev–Trinajstić information content (AvgIpc) is 2.83. The smallest absolute Gasteiger partial charge is 0.381 e. The molecule has 0 amide bonds. The molecular weight excluding hydrogens is 456 g/mol. The number of halogens is 4. The van der Waals surface area contributed by atoms with E-state index in [1.165, 1.54) is 25.4 Å². The third-order valence-corrected chi connectivity index (χ3v) is 6.59. The number of morpholine rings is 1. The first-order valence-corrected chi connectivity index (χ1v) is 11.1. The molecule has 2 fully saturated rings. The third kappa shape index (κ3) is 5.00. The van der Waals surface area contributed by atoms with E-state index in [4.69, 9.17) is 9.47 Å². The summed E-state index contributed by atoms with van der Waals surface area (Å²) in [6.07, 6.45) is -2.14. The monoisotopic (exact) mass is 482 g/mol. The van der Waals surface area contributed by atoms with Crippen molar-refractivity contribution in [3.63, 3.8) is 0 Å². The van der Waals surface area contributed by atoms with E-state index in [1.807, 2.05) is 0 Å². The number of anilines is 2. The summed E-state index contributed by atoms with van der Waals surface area (Å²) < 4.78 is 65.3. The molecule has 7 nitrogen and oxygen atoms in total. The fourth-order valence-electron chi connectivity index (χ4n) is 4.38. The zero-order chi connectivity index (χ0) is 24.3. The van der Waals surface area contributed by atoms with Crippen molar-refractivity contribution in [3.05, 3.63) is 47.5 Å². The first kappa shape index (κ1) is 24.3. The highest BCUT2D eigenvalue weighted by Gasteiger charge is 2.38. The maximum atomic E-state index is 15.5. The first-order chi connectivity index (χ1) is 16.2. The van der Waals surface area contributed by atoms with Gasteiger partial charge < -0.3 is 19.7 Å². The Balaban J connectivity index is 1.57. The number of ketones is 1. The second-order valence-corrected chi connectivity index (χ2v) is 8.57. The molecule has 0 saturated carbocycles. The van der Waals surface area contributed by atoms with Gasteiger partial charge in [-0.25, -0.2) is 9.97 Å². The van der Waals surface area contributed by atoms with Crippen molar-refractivity contribution in [2.45, 2.75) is 32.0 Å². The molecule has 2 aromatic rings. The van der Waals surface area contributed by atoms with Crippen LogP contribution in [0.1, 0.15) is 36.9 Å². The van der Waals surface area contributed by atoms with E-state index >= 15 is 4.39 Å². The molecule has 0 aliphatic carbocycles. The number of aromatic nitrogens is 2. The molecule has 1 unspecified atom stereocenters. The Labute approximate surface area is 194 Å². The van der Waals surface area contributed by atoms with Crippen molar-refractivity contribution >= 4 is 17.4 Å². The molecule has 1 aromatic heterocycles. The molecule has 3 heterocycles. The predicted octanol–water partition coefficient (Wildman–Crippen LogP) is 4.01. The summed E-state index contributed by atoms with van der Waals surface area (Å²) in [5, 5.41) is 2.98. The third-order valence-electron chi connectivity index (χ3n) is 6.59. The summed E-state index contributed by atoms with van der Waals surface area (Å²) in [6, 6.07) is 4.22. The van der Waals surface area contributed by atoms with E-state index in [-0.39, 0.29) is 30.6 Å². The van der Waals surface area contributed by atoms with Crippen LogP contribution in [0, 0.1) is 11.2 Å². The molecular formula is C23H26F4N4O3. The van der Waals surface area contributed by atoms with E-state index < -0.39 is 29.0 Å². The molecule has 0 spiro atoms. The number of carbonyl (C=O) groups is 1. The van der Waals surface area contributed by atoms with E-state index in [9.17, 15) is 18.0 Å². The van der Waals surface area contributed by atoms with Crippen LogP contribution in [0.2, 0.25) is 0 Å². The molecule has 0 bridgehead atoms. The summed E-state index contributed by atoms with van der Waals surface area (Å²) in [6.45, 7) is 3.44. The summed E-state index contributed by atoms with van der Waals surface area (Å²) in [5.74, 6) is -0.690. The van der Waals surface area contributed by atoms with Gasteiger partial charge in [-0.3, -0.25) is 4.79 Å². The van der Waals surface area contributed by atoms with Gasteiger partial charge in [0.2, 0.25) is 5.82 Å². The van der Waals surface area contributed by atoms with Gasteiger partial charge in [-0.1, -0.05) is 12.1 Å². The number of carbonyl (C=O) groups excluding carboxylic acids is 1. The van der Waals surface area contributed by atoms with Crippen molar-refractivity contribution in [3.8, 4) is 0 Å². The number of hydrogen-bond acceptors (Lipinski definition) is 7. The second-order valence-electron chi connectivity index (χ2n) is 8.57. The van der Waals surface area contributed by atoms with Crippen LogP contribution in [0.15, 0.2) is 30.6 Å². The maximum absolute atomic E-state index is 15.5. The summed E-state index contributed by atoms with van der Waals surface area (Å²) in [7, 11) is 0. The molecule has 2 aliphatic heterocycles. The van der Waals surface area contributed by atoms with Gasteiger partial charge >= 0.3 is 6.18 Å². The van der Waals surface area contributed by atoms with Crippen LogP contribution in [-0.4, -0.2) is 55.3 Å². The van der Waals surface area contributed by atoms with Crippen molar-refractivity contribution in [2.24, 2.45) is 5.41 Å². The average molecular weight is 482 g/mol. The topological polar surface area (TPSA) is 76.6 Å². The maximum Gasteiger partial charge on any atom is 0.416 e. The Hall–Kier alpha value is -2.79. The Morgan fingerprint density at radius 1 is 1.15 bits per heavy atom. The Bertz CT molecular complexity index is 1010. The van der Waals surface area contributed by atoms with E-state index in [0.717, 1.165) is 12.1 Å². The summed E-state index contributed by atoms with van der Waals surface area (Å²) >= 11 is 0. The van der Waals surface area contributed by atoms with Gasteiger partial charge in [0.05, 0.1) is 30.2 Å². The summed E-state index contributed by atoms with van der Waals surface area (Å²) in [5.41, 5.74) is -0.859. The molecule has 1 N–H and O–H groups in total. The quantitative estimate of drug-likeness (QED) is 0.624. The van der Waals surface area contributed by atoms with Crippen LogP contribution in [0.5, 0.6) is 0 Å². The number of Topliss-reactive ketones (excluding diaryl/α,β-unsaturated/α-hetero) is 1. The second kappa shape index (κ2) is 9.83. The van der Waals surface area contributed by atoms with Crippen LogP contribution < -0.4 is 10.2 Å². The van der Waals surface area contributed by atoms with Gasteiger partial charge in [-0.2, -0.15) is 17.6 Å². The summed E-state index contributed by atoms with van der Waals surface area (Å²) in [4.78, 5) is 22.1. The van der Waals surface area contributed by atoms with Gasteiger partial charge in [0.25, 0.3) is 0 Å². The van der Waals surface area contributed by atoms with Crippen molar-refractivity contribution in [1.82, 2.24) is 9.97 Å². The van der Waals surface area contributed by atoms with E-state index in [1.54, 1.807) is 4.90 Å². The molecule has 2 aliphatic rings. The highest BCUT2D eigenvalue weighted by Crippen LogP contribution is 2.36. The highest BCUT2D eigenvalue weighted by atomic mass is 19.4. The van der Waals surface area contributed by atoms with Crippen LogP contribution >= 0.6 is 0 Å². The first-order valence-electron chi connectivity index (χ1n) is 11.1. The molecule has 2 saturated heterocycles. The number of hydrogen-bond donors (Lipinski definition) is 1. The molecule has 1 atom stereocenters. The minimum Gasteiger partial charge on any atom is -0.381 e. The lowest BCUT2D eigenvalue weighted by Gasteiger charge is -2.37. The number of benzene rings is 1. The van der Waals surface area contributed by atoms with Crippen LogP contribution in [0.3, 0.4) is 0 Å². The SMILES string of the molecule is CC(=O)C1(CNc2ncnc(N3CCOCC3c3ccc(C(F)(F)F)cc3)c2F)CCOCC1. The lowest BCUT2D eigenvalue weighted by molar-refractivity contribution is -0.137.